The molecule has 0 spiro atoms. The molecule has 7 heteroatoms. The molecule has 2 aromatic carbocycles. The maximum Gasteiger partial charge on any atom is 0.274 e. The minimum Gasteiger partial charge on any atom is -0.493 e. The smallest absolute Gasteiger partial charge is 0.274 e. The number of anilines is 2. The molecule has 0 aliphatic carbocycles. The molecule has 30 heavy (non-hydrogen) atoms. The van der Waals surface area contributed by atoms with Crippen LogP contribution in [0.4, 0.5) is 15.8 Å². The highest BCUT2D eigenvalue weighted by molar-refractivity contribution is 6.06. The van der Waals surface area contributed by atoms with E-state index in [0.717, 1.165) is 17.2 Å². The zero-order valence-corrected chi connectivity index (χ0v) is 16.7. The second-order valence-corrected chi connectivity index (χ2v) is 6.77. The molecule has 0 fully saturated rings. The van der Waals surface area contributed by atoms with E-state index < -0.39 is 11.7 Å². The Hall–Kier alpha value is -3.74. The van der Waals surface area contributed by atoms with Crippen molar-refractivity contribution in [3.63, 3.8) is 0 Å². The van der Waals surface area contributed by atoms with Crippen LogP contribution in [0.25, 0.3) is 0 Å². The van der Waals surface area contributed by atoms with Crippen molar-refractivity contribution in [3.8, 4) is 5.75 Å². The van der Waals surface area contributed by atoms with Gasteiger partial charge < -0.3 is 15.4 Å². The van der Waals surface area contributed by atoms with Crippen LogP contribution in [-0.4, -0.2) is 23.4 Å². The standard InChI is InChI=1S/C23H22FN3O3/c1-15-6-9-21(16(2)13-15)30-12-10-22(28)26-20-14-17(24)7-8-18(20)27-23(29)19-5-3-4-11-25-19/h3-9,11,13-14H,10,12H2,1-2H3,(H,26,28)(H,27,29). The lowest BCUT2D eigenvalue weighted by Crippen LogP contribution is -2.19. The van der Waals surface area contributed by atoms with Crippen molar-refractivity contribution in [2.45, 2.75) is 20.3 Å². The Bertz CT molecular complexity index is 1050. The van der Waals surface area contributed by atoms with E-state index in [-0.39, 0.29) is 36.0 Å². The molecule has 0 radical (unpaired) electrons. The van der Waals surface area contributed by atoms with E-state index in [1.807, 2.05) is 32.0 Å². The lowest BCUT2D eigenvalue weighted by molar-refractivity contribution is -0.116. The van der Waals surface area contributed by atoms with E-state index in [0.29, 0.717) is 5.75 Å². The second kappa shape index (κ2) is 9.65. The molecule has 0 bridgehead atoms. The van der Waals surface area contributed by atoms with Gasteiger partial charge in [0.2, 0.25) is 5.91 Å². The molecular formula is C23H22FN3O3. The van der Waals surface area contributed by atoms with E-state index in [4.69, 9.17) is 4.74 Å². The molecule has 1 heterocycles. The number of aromatic nitrogens is 1. The van der Waals surface area contributed by atoms with E-state index in [1.165, 1.54) is 18.3 Å². The van der Waals surface area contributed by atoms with Gasteiger partial charge in [0.25, 0.3) is 5.91 Å². The van der Waals surface area contributed by atoms with Crippen LogP contribution in [0.1, 0.15) is 28.0 Å². The number of rotatable bonds is 7. The molecule has 0 saturated heterocycles. The third kappa shape index (κ3) is 5.64. The van der Waals surface area contributed by atoms with Crippen molar-refractivity contribution in [3.05, 3.63) is 83.4 Å². The van der Waals surface area contributed by atoms with Crippen LogP contribution < -0.4 is 15.4 Å². The highest BCUT2D eigenvalue weighted by Crippen LogP contribution is 2.24. The first kappa shape index (κ1) is 21.0. The number of aryl methyl sites for hydroxylation is 2. The molecule has 154 valence electrons. The quantitative estimate of drug-likeness (QED) is 0.604. The van der Waals surface area contributed by atoms with E-state index in [9.17, 15) is 14.0 Å². The van der Waals surface area contributed by atoms with Crippen LogP contribution in [0.2, 0.25) is 0 Å². The predicted molar refractivity (Wildman–Crippen MR) is 113 cm³/mol. The second-order valence-electron chi connectivity index (χ2n) is 6.77. The van der Waals surface area contributed by atoms with Gasteiger partial charge in [-0.1, -0.05) is 23.8 Å². The average Bonchev–Trinajstić information content (AvgIpc) is 2.72. The average molecular weight is 407 g/mol. The maximum atomic E-state index is 13.7. The summed E-state index contributed by atoms with van der Waals surface area (Å²) in [6, 6.07) is 14.5. The predicted octanol–water partition coefficient (Wildman–Crippen LogP) is 4.50. The first-order valence-corrected chi connectivity index (χ1v) is 9.44. The summed E-state index contributed by atoms with van der Waals surface area (Å²) in [5.41, 5.74) is 2.76. The lowest BCUT2D eigenvalue weighted by atomic mass is 10.1. The summed E-state index contributed by atoms with van der Waals surface area (Å²) in [7, 11) is 0. The lowest BCUT2D eigenvalue weighted by Gasteiger charge is -2.13. The Morgan fingerprint density at radius 3 is 2.57 bits per heavy atom. The molecule has 2 amide bonds. The first-order chi connectivity index (χ1) is 14.4. The molecule has 6 nitrogen and oxygen atoms in total. The van der Waals surface area contributed by atoms with Crippen molar-refractivity contribution >= 4 is 23.2 Å². The Morgan fingerprint density at radius 1 is 1.00 bits per heavy atom. The number of hydrogen-bond donors (Lipinski definition) is 2. The molecule has 0 aliphatic rings. The van der Waals surface area contributed by atoms with E-state index >= 15 is 0 Å². The van der Waals surface area contributed by atoms with Crippen LogP contribution in [0.5, 0.6) is 5.75 Å². The van der Waals surface area contributed by atoms with Gasteiger partial charge in [-0.25, -0.2) is 4.39 Å². The summed E-state index contributed by atoms with van der Waals surface area (Å²) in [4.78, 5) is 28.6. The monoisotopic (exact) mass is 407 g/mol. The number of benzene rings is 2. The minimum atomic E-state index is -0.535. The van der Waals surface area contributed by atoms with Gasteiger partial charge in [-0.2, -0.15) is 0 Å². The summed E-state index contributed by atoms with van der Waals surface area (Å²) in [6.07, 6.45) is 1.56. The third-order valence-corrected chi connectivity index (χ3v) is 4.32. The van der Waals surface area contributed by atoms with Crippen molar-refractivity contribution in [1.82, 2.24) is 4.98 Å². The summed E-state index contributed by atoms with van der Waals surface area (Å²) in [5, 5.41) is 5.26. The number of carbonyl (C=O) groups is 2. The Morgan fingerprint density at radius 2 is 1.83 bits per heavy atom. The third-order valence-electron chi connectivity index (χ3n) is 4.32. The van der Waals surface area contributed by atoms with Crippen LogP contribution in [0, 0.1) is 19.7 Å². The number of ether oxygens (including phenoxy) is 1. The topological polar surface area (TPSA) is 80.3 Å². The summed E-state index contributed by atoms with van der Waals surface area (Å²) in [6.45, 7) is 4.10. The molecular weight excluding hydrogens is 385 g/mol. The summed E-state index contributed by atoms with van der Waals surface area (Å²) < 4.78 is 19.4. The number of pyridine rings is 1. The minimum absolute atomic E-state index is 0.0669. The fourth-order valence-electron chi connectivity index (χ4n) is 2.84. The number of halogens is 1. The highest BCUT2D eigenvalue weighted by atomic mass is 19.1. The van der Waals surface area contributed by atoms with Crippen molar-refractivity contribution in [2.75, 3.05) is 17.2 Å². The van der Waals surface area contributed by atoms with Crippen LogP contribution in [-0.2, 0) is 4.79 Å². The largest absolute Gasteiger partial charge is 0.493 e. The van der Waals surface area contributed by atoms with Crippen molar-refractivity contribution in [1.29, 1.82) is 0 Å². The number of nitrogens with zero attached hydrogens (tertiary/aromatic N) is 1. The first-order valence-electron chi connectivity index (χ1n) is 9.44. The van der Waals surface area contributed by atoms with Gasteiger partial charge >= 0.3 is 0 Å². The molecule has 0 saturated carbocycles. The number of hydrogen-bond acceptors (Lipinski definition) is 4. The Balaban J connectivity index is 1.61. The van der Waals surface area contributed by atoms with E-state index in [2.05, 4.69) is 15.6 Å². The Kier molecular flexibility index (Phi) is 6.75. The Labute approximate surface area is 174 Å². The number of carbonyl (C=O) groups excluding carboxylic acids is 2. The van der Waals surface area contributed by atoms with E-state index in [1.54, 1.807) is 18.2 Å². The van der Waals surface area contributed by atoms with Gasteiger partial charge in [0, 0.05) is 6.20 Å². The zero-order chi connectivity index (χ0) is 21.5. The zero-order valence-electron chi connectivity index (χ0n) is 16.7. The van der Waals surface area contributed by atoms with Gasteiger partial charge in [-0.3, -0.25) is 14.6 Å². The summed E-state index contributed by atoms with van der Waals surface area (Å²) >= 11 is 0. The van der Waals surface area contributed by atoms with Crippen LogP contribution >= 0.6 is 0 Å². The normalized spacial score (nSPS) is 10.4. The number of nitrogens with one attached hydrogen (secondary N) is 2. The van der Waals surface area contributed by atoms with Gasteiger partial charge in [0.05, 0.1) is 24.4 Å². The number of amides is 2. The van der Waals surface area contributed by atoms with Crippen LogP contribution in [0.3, 0.4) is 0 Å². The van der Waals surface area contributed by atoms with Crippen molar-refractivity contribution in [2.24, 2.45) is 0 Å². The van der Waals surface area contributed by atoms with Gasteiger partial charge in [-0.05, 0) is 55.8 Å². The highest BCUT2D eigenvalue weighted by Gasteiger charge is 2.13. The van der Waals surface area contributed by atoms with Crippen molar-refractivity contribution < 1.29 is 18.7 Å². The fraction of sp³-hybridized carbons (Fsp3) is 0.174. The van der Waals surface area contributed by atoms with Gasteiger partial charge in [0.15, 0.2) is 0 Å². The SMILES string of the molecule is Cc1ccc(OCCC(=O)Nc2cc(F)ccc2NC(=O)c2ccccn2)c(C)c1. The molecule has 2 N–H and O–H groups in total. The molecule has 3 rings (SSSR count). The molecule has 0 aliphatic heterocycles. The maximum absolute atomic E-state index is 13.7. The van der Waals surface area contributed by atoms with Gasteiger partial charge in [0.1, 0.15) is 17.3 Å². The molecule has 3 aromatic rings. The fourth-order valence-corrected chi connectivity index (χ4v) is 2.84. The molecule has 0 unspecified atom stereocenters. The molecule has 0 atom stereocenters. The van der Waals surface area contributed by atoms with Gasteiger partial charge in [-0.15, -0.1) is 0 Å². The van der Waals surface area contributed by atoms with Crippen LogP contribution in [0.15, 0.2) is 60.8 Å². The summed E-state index contributed by atoms with van der Waals surface area (Å²) in [5.74, 6) is -0.648. The molecule has 1 aromatic heterocycles.